The smallest absolute Gasteiger partial charge is 0.291 e. The molecule has 1 N–H and O–H groups in total. The van der Waals surface area contributed by atoms with Gasteiger partial charge < -0.3 is 9.73 Å². The molecule has 112 valence electrons. The largest absolute Gasteiger partial charge is 0.450 e. The van der Waals surface area contributed by atoms with Gasteiger partial charge in [0, 0.05) is 5.39 Å². The molecule has 0 aliphatic heterocycles. The van der Waals surface area contributed by atoms with E-state index >= 15 is 0 Å². The van der Waals surface area contributed by atoms with Gasteiger partial charge in [0.2, 0.25) is 0 Å². The van der Waals surface area contributed by atoms with E-state index in [1.54, 1.807) is 18.2 Å². The van der Waals surface area contributed by atoms with Crippen molar-refractivity contribution in [2.45, 2.75) is 0 Å². The third kappa shape index (κ3) is 2.48. The van der Waals surface area contributed by atoms with Crippen molar-refractivity contribution >= 4 is 38.5 Å². The zero-order valence-electron chi connectivity index (χ0n) is 10.8. The van der Waals surface area contributed by atoms with Crippen LogP contribution in [0.3, 0.4) is 0 Å². The molecular formula is C15H7BrF3NO2. The number of furan rings is 1. The molecule has 7 heteroatoms. The van der Waals surface area contributed by atoms with Crippen LogP contribution in [0.4, 0.5) is 18.9 Å². The van der Waals surface area contributed by atoms with Gasteiger partial charge in [0.15, 0.2) is 23.2 Å². The van der Waals surface area contributed by atoms with Gasteiger partial charge in [0.1, 0.15) is 5.58 Å². The zero-order chi connectivity index (χ0) is 15.9. The van der Waals surface area contributed by atoms with Gasteiger partial charge in [-0.1, -0.05) is 12.1 Å². The van der Waals surface area contributed by atoms with Gasteiger partial charge in [0.25, 0.3) is 5.91 Å². The highest BCUT2D eigenvalue weighted by atomic mass is 79.9. The van der Waals surface area contributed by atoms with E-state index in [1.807, 2.05) is 0 Å². The minimum Gasteiger partial charge on any atom is -0.450 e. The zero-order valence-corrected chi connectivity index (χ0v) is 12.4. The lowest BCUT2D eigenvalue weighted by molar-refractivity contribution is 0.0998. The first-order valence-corrected chi connectivity index (χ1v) is 6.89. The maximum atomic E-state index is 13.5. The quantitative estimate of drug-likeness (QED) is 0.655. The number of nitrogens with one attached hydrogen (secondary N) is 1. The molecule has 0 bridgehead atoms. The van der Waals surface area contributed by atoms with Crippen molar-refractivity contribution in [1.29, 1.82) is 0 Å². The summed E-state index contributed by atoms with van der Waals surface area (Å²) in [7, 11) is 0. The number of anilines is 1. The van der Waals surface area contributed by atoms with Crippen LogP contribution < -0.4 is 5.32 Å². The van der Waals surface area contributed by atoms with Crippen LogP contribution in [0.1, 0.15) is 10.6 Å². The topological polar surface area (TPSA) is 42.2 Å². The summed E-state index contributed by atoms with van der Waals surface area (Å²) >= 11 is 3.28. The Hall–Kier alpha value is -2.28. The number of carbonyl (C=O) groups is 1. The van der Waals surface area contributed by atoms with Crippen LogP contribution in [0.2, 0.25) is 0 Å². The first kappa shape index (κ1) is 14.6. The fraction of sp³-hybridized carbons (Fsp3) is 0. The van der Waals surface area contributed by atoms with Crippen LogP contribution in [-0.4, -0.2) is 5.91 Å². The molecule has 0 aliphatic rings. The number of carbonyl (C=O) groups excluding carboxylic acids is 1. The Morgan fingerprint density at radius 2 is 1.86 bits per heavy atom. The molecule has 3 aromatic rings. The molecule has 3 rings (SSSR count). The van der Waals surface area contributed by atoms with Crippen LogP contribution in [0.25, 0.3) is 11.0 Å². The van der Waals surface area contributed by atoms with Gasteiger partial charge in [-0.15, -0.1) is 0 Å². The third-order valence-corrected chi connectivity index (χ3v) is 3.63. The fourth-order valence-electron chi connectivity index (χ4n) is 1.95. The maximum Gasteiger partial charge on any atom is 0.291 e. The van der Waals surface area contributed by atoms with E-state index in [0.717, 1.165) is 12.1 Å². The van der Waals surface area contributed by atoms with Crippen LogP contribution in [0.5, 0.6) is 0 Å². The Bertz CT molecular complexity index is 892. The Labute approximate surface area is 130 Å². The molecule has 1 aromatic heterocycles. The minimum absolute atomic E-state index is 0.0777. The SMILES string of the molecule is O=C(Nc1ccc(F)c(F)c1F)c1cc2cccc(Br)c2o1. The number of amides is 1. The number of fused-ring (bicyclic) bond motifs is 1. The van der Waals surface area contributed by atoms with Gasteiger partial charge in [-0.2, -0.15) is 0 Å². The summed E-state index contributed by atoms with van der Waals surface area (Å²) in [5, 5.41) is 2.82. The highest BCUT2D eigenvalue weighted by Crippen LogP contribution is 2.28. The molecule has 0 saturated carbocycles. The Morgan fingerprint density at radius 1 is 1.09 bits per heavy atom. The second-order valence-corrected chi connectivity index (χ2v) is 5.30. The molecule has 0 fully saturated rings. The van der Waals surface area contributed by atoms with E-state index in [1.165, 1.54) is 6.07 Å². The number of halogens is 4. The summed E-state index contributed by atoms with van der Waals surface area (Å²) < 4.78 is 45.6. The predicted octanol–water partition coefficient (Wildman–Crippen LogP) is 4.86. The van der Waals surface area contributed by atoms with E-state index in [-0.39, 0.29) is 5.76 Å². The van der Waals surface area contributed by atoms with E-state index in [2.05, 4.69) is 21.2 Å². The standard InChI is InChI=1S/C15H7BrF3NO2/c16-8-3-1-2-7-6-11(22-14(7)8)15(21)20-10-5-4-9(17)12(18)13(10)19/h1-6H,(H,20,21). The van der Waals surface area contributed by atoms with Crippen LogP contribution in [0, 0.1) is 17.5 Å². The second kappa shape index (κ2) is 5.49. The molecule has 2 aromatic carbocycles. The van der Waals surface area contributed by atoms with Crippen LogP contribution in [-0.2, 0) is 0 Å². The van der Waals surface area contributed by atoms with Gasteiger partial charge in [-0.25, -0.2) is 13.2 Å². The lowest BCUT2D eigenvalue weighted by Crippen LogP contribution is -2.13. The van der Waals surface area contributed by atoms with E-state index in [9.17, 15) is 18.0 Å². The summed E-state index contributed by atoms with van der Waals surface area (Å²) in [6.45, 7) is 0. The van der Waals surface area contributed by atoms with Crippen molar-refractivity contribution in [3.8, 4) is 0 Å². The molecule has 3 nitrogen and oxygen atoms in total. The van der Waals surface area contributed by atoms with Gasteiger partial charge >= 0.3 is 0 Å². The molecule has 0 spiro atoms. The number of hydrogen-bond donors (Lipinski definition) is 1. The molecule has 0 saturated heterocycles. The average molecular weight is 370 g/mol. The van der Waals surface area contributed by atoms with Gasteiger partial charge in [-0.05, 0) is 40.2 Å². The lowest BCUT2D eigenvalue weighted by atomic mass is 10.2. The van der Waals surface area contributed by atoms with E-state index in [0.29, 0.717) is 15.4 Å². The summed E-state index contributed by atoms with van der Waals surface area (Å²) in [4.78, 5) is 12.0. The number of benzene rings is 2. The average Bonchev–Trinajstić information content (AvgIpc) is 2.93. The highest BCUT2D eigenvalue weighted by molar-refractivity contribution is 9.10. The molecule has 1 amide bonds. The van der Waals surface area contributed by atoms with Crippen molar-refractivity contribution in [3.05, 3.63) is 64.1 Å². The lowest BCUT2D eigenvalue weighted by Gasteiger charge is -2.05. The predicted molar refractivity (Wildman–Crippen MR) is 78.2 cm³/mol. The van der Waals surface area contributed by atoms with Crippen molar-refractivity contribution < 1.29 is 22.4 Å². The van der Waals surface area contributed by atoms with E-state index in [4.69, 9.17) is 4.42 Å². The molecular weight excluding hydrogens is 363 g/mol. The van der Waals surface area contributed by atoms with Crippen molar-refractivity contribution in [3.63, 3.8) is 0 Å². The van der Waals surface area contributed by atoms with Crippen LogP contribution >= 0.6 is 15.9 Å². The van der Waals surface area contributed by atoms with Crippen LogP contribution in [0.15, 0.2) is 45.3 Å². The summed E-state index contributed by atoms with van der Waals surface area (Å²) in [5.74, 6) is -5.29. The van der Waals surface area contributed by atoms with Crippen molar-refractivity contribution in [1.82, 2.24) is 0 Å². The van der Waals surface area contributed by atoms with Crippen molar-refractivity contribution in [2.75, 3.05) is 5.32 Å². The molecule has 0 radical (unpaired) electrons. The van der Waals surface area contributed by atoms with Gasteiger partial charge in [0.05, 0.1) is 10.2 Å². The summed E-state index contributed by atoms with van der Waals surface area (Å²) in [6, 6.07) is 8.36. The molecule has 1 heterocycles. The molecule has 0 aliphatic carbocycles. The first-order chi connectivity index (χ1) is 10.5. The number of para-hydroxylation sites is 1. The minimum atomic E-state index is -1.65. The Balaban J connectivity index is 1.94. The monoisotopic (exact) mass is 369 g/mol. The Morgan fingerprint density at radius 3 is 2.59 bits per heavy atom. The highest BCUT2D eigenvalue weighted by Gasteiger charge is 2.18. The normalized spacial score (nSPS) is 10.9. The molecule has 0 unspecified atom stereocenters. The number of rotatable bonds is 2. The molecule has 22 heavy (non-hydrogen) atoms. The first-order valence-electron chi connectivity index (χ1n) is 6.10. The third-order valence-electron chi connectivity index (χ3n) is 3.00. The Kier molecular flexibility index (Phi) is 3.66. The second-order valence-electron chi connectivity index (χ2n) is 4.45. The summed E-state index contributed by atoms with van der Waals surface area (Å²) in [5.41, 5.74) is -0.0122. The molecule has 0 atom stereocenters. The maximum absolute atomic E-state index is 13.5. The summed E-state index contributed by atoms with van der Waals surface area (Å²) in [6.07, 6.45) is 0. The van der Waals surface area contributed by atoms with E-state index < -0.39 is 29.0 Å². The van der Waals surface area contributed by atoms with Crippen molar-refractivity contribution in [2.24, 2.45) is 0 Å². The van der Waals surface area contributed by atoms with Gasteiger partial charge in [-0.3, -0.25) is 4.79 Å². The number of hydrogen-bond acceptors (Lipinski definition) is 2. The fourth-order valence-corrected chi connectivity index (χ4v) is 2.41.